The van der Waals surface area contributed by atoms with Crippen LogP contribution < -0.4 is 5.32 Å². The van der Waals surface area contributed by atoms with Crippen LogP contribution in [0, 0.1) is 5.82 Å². The predicted molar refractivity (Wildman–Crippen MR) is 86.5 cm³/mol. The number of halogens is 1. The number of nitrogens with zero attached hydrogens (tertiary/aromatic N) is 4. The van der Waals surface area contributed by atoms with Gasteiger partial charge >= 0.3 is 0 Å². The number of aldehydes is 1. The number of carbonyl (C=O) groups excluding carboxylic acids is 1. The van der Waals surface area contributed by atoms with Crippen LogP contribution in [0.25, 0.3) is 5.65 Å². The van der Waals surface area contributed by atoms with Gasteiger partial charge in [-0.15, -0.1) is 0 Å². The van der Waals surface area contributed by atoms with Gasteiger partial charge in [0.15, 0.2) is 17.1 Å². The van der Waals surface area contributed by atoms with Crippen molar-refractivity contribution < 1.29 is 9.18 Å². The number of rotatable bonds is 6. The molecule has 0 amide bonds. The second-order valence-corrected chi connectivity index (χ2v) is 5.57. The predicted octanol–water partition coefficient (Wildman–Crippen LogP) is 2.45. The Morgan fingerprint density at radius 2 is 2.26 bits per heavy atom. The Labute approximate surface area is 136 Å². The molecule has 0 saturated carbocycles. The normalized spacial score (nSPS) is 10.9. The van der Waals surface area contributed by atoms with E-state index in [1.54, 1.807) is 6.07 Å². The highest BCUT2D eigenvalue weighted by molar-refractivity contribution is 7.98. The molecule has 0 radical (unpaired) electrons. The molecule has 1 N–H and O–H groups in total. The Hall–Kier alpha value is -2.48. The summed E-state index contributed by atoms with van der Waals surface area (Å²) in [5.41, 5.74) is 1.77. The Morgan fingerprint density at radius 1 is 1.39 bits per heavy atom. The van der Waals surface area contributed by atoms with E-state index in [4.69, 9.17) is 0 Å². The van der Waals surface area contributed by atoms with Crippen LogP contribution in [0.15, 0.2) is 35.6 Å². The standard InChI is InChI=1S/C15H14FN5OS/c1-23-15-19-13-11(9-22)8-18-21(13)14(20-15)17-6-5-10-3-2-4-12(16)7-10/h2-4,7-9H,5-6H2,1H3,(H,17,19,20). The second-order valence-electron chi connectivity index (χ2n) is 4.79. The molecule has 3 rings (SSSR count). The number of nitrogens with one attached hydrogen (secondary N) is 1. The molecule has 2 heterocycles. The van der Waals surface area contributed by atoms with Crippen molar-refractivity contribution in [2.75, 3.05) is 18.1 Å². The van der Waals surface area contributed by atoms with Gasteiger partial charge in [-0.1, -0.05) is 23.9 Å². The molecule has 0 spiro atoms. The molecule has 0 bridgehead atoms. The van der Waals surface area contributed by atoms with Crippen LogP contribution >= 0.6 is 11.8 Å². The van der Waals surface area contributed by atoms with E-state index >= 15 is 0 Å². The molecule has 3 aromatic rings. The average Bonchev–Trinajstić information content (AvgIpc) is 2.98. The maximum atomic E-state index is 13.2. The fourth-order valence-corrected chi connectivity index (χ4v) is 2.53. The van der Waals surface area contributed by atoms with Crippen molar-refractivity contribution in [3.8, 4) is 0 Å². The van der Waals surface area contributed by atoms with E-state index in [0.717, 1.165) is 11.8 Å². The fraction of sp³-hybridized carbons (Fsp3) is 0.200. The van der Waals surface area contributed by atoms with Crippen LogP contribution in [0.5, 0.6) is 0 Å². The zero-order valence-corrected chi connectivity index (χ0v) is 13.2. The average molecular weight is 331 g/mol. The van der Waals surface area contributed by atoms with Crippen molar-refractivity contribution in [2.45, 2.75) is 11.6 Å². The van der Waals surface area contributed by atoms with Crippen LogP contribution in [0.3, 0.4) is 0 Å². The first-order valence-electron chi connectivity index (χ1n) is 6.94. The smallest absolute Gasteiger partial charge is 0.228 e. The Morgan fingerprint density at radius 3 is 3.00 bits per heavy atom. The number of benzene rings is 1. The molecular formula is C15H14FN5OS. The zero-order chi connectivity index (χ0) is 16.2. The summed E-state index contributed by atoms with van der Waals surface area (Å²) in [6.45, 7) is 0.555. The summed E-state index contributed by atoms with van der Waals surface area (Å²) in [7, 11) is 0. The molecule has 2 aromatic heterocycles. The number of aromatic nitrogens is 4. The highest BCUT2D eigenvalue weighted by Gasteiger charge is 2.12. The third-order valence-corrected chi connectivity index (χ3v) is 3.82. The Kier molecular flexibility index (Phi) is 4.52. The number of thioether (sulfide) groups is 1. The van der Waals surface area contributed by atoms with Crippen molar-refractivity contribution >= 4 is 29.6 Å². The first-order chi connectivity index (χ1) is 11.2. The highest BCUT2D eigenvalue weighted by Crippen LogP contribution is 2.17. The van der Waals surface area contributed by atoms with E-state index in [-0.39, 0.29) is 5.82 Å². The van der Waals surface area contributed by atoms with Crippen molar-refractivity contribution in [2.24, 2.45) is 0 Å². The molecule has 0 aliphatic rings. The maximum absolute atomic E-state index is 13.2. The molecule has 6 nitrogen and oxygen atoms in total. The number of hydrogen-bond acceptors (Lipinski definition) is 6. The first kappa shape index (κ1) is 15.4. The summed E-state index contributed by atoms with van der Waals surface area (Å²) in [5, 5.41) is 7.85. The van der Waals surface area contributed by atoms with E-state index < -0.39 is 0 Å². The lowest BCUT2D eigenvalue weighted by Crippen LogP contribution is -2.12. The molecule has 118 valence electrons. The number of anilines is 1. The molecule has 0 atom stereocenters. The van der Waals surface area contributed by atoms with Crippen molar-refractivity contribution in [3.63, 3.8) is 0 Å². The zero-order valence-electron chi connectivity index (χ0n) is 12.4. The van der Waals surface area contributed by atoms with Gasteiger partial charge in [0.2, 0.25) is 5.95 Å². The Balaban J connectivity index is 1.81. The molecule has 0 aliphatic carbocycles. The molecule has 0 saturated heterocycles. The molecule has 23 heavy (non-hydrogen) atoms. The van der Waals surface area contributed by atoms with Gasteiger partial charge in [0.1, 0.15) is 5.82 Å². The molecule has 8 heteroatoms. The van der Waals surface area contributed by atoms with E-state index in [0.29, 0.717) is 35.3 Å². The van der Waals surface area contributed by atoms with E-state index in [2.05, 4.69) is 20.4 Å². The maximum Gasteiger partial charge on any atom is 0.228 e. The number of hydrogen-bond donors (Lipinski definition) is 1. The lowest BCUT2D eigenvalue weighted by atomic mass is 10.1. The van der Waals surface area contributed by atoms with Gasteiger partial charge in [0.25, 0.3) is 0 Å². The van der Waals surface area contributed by atoms with Crippen LogP contribution in [0.2, 0.25) is 0 Å². The van der Waals surface area contributed by atoms with Gasteiger partial charge in [-0.2, -0.15) is 14.6 Å². The summed E-state index contributed by atoms with van der Waals surface area (Å²) in [5.74, 6) is 0.253. The van der Waals surface area contributed by atoms with Gasteiger partial charge in [-0.3, -0.25) is 4.79 Å². The van der Waals surface area contributed by atoms with E-state index in [1.165, 1.54) is 34.6 Å². The fourth-order valence-electron chi connectivity index (χ4n) is 2.18. The second kappa shape index (κ2) is 6.74. The van der Waals surface area contributed by atoms with Gasteiger partial charge < -0.3 is 5.32 Å². The Bertz CT molecular complexity index is 851. The molecule has 1 aromatic carbocycles. The van der Waals surface area contributed by atoms with Crippen molar-refractivity contribution in [3.05, 3.63) is 47.4 Å². The minimum Gasteiger partial charge on any atom is -0.354 e. The van der Waals surface area contributed by atoms with Gasteiger partial charge in [-0.05, 0) is 30.4 Å². The quantitative estimate of drug-likeness (QED) is 0.552. The van der Waals surface area contributed by atoms with E-state index in [9.17, 15) is 9.18 Å². The van der Waals surface area contributed by atoms with Gasteiger partial charge in [0, 0.05) is 6.54 Å². The van der Waals surface area contributed by atoms with E-state index in [1.807, 2.05) is 12.3 Å². The third kappa shape index (κ3) is 3.31. The van der Waals surface area contributed by atoms with Crippen LogP contribution in [-0.2, 0) is 6.42 Å². The van der Waals surface area contributed by atoms with Crippen LogP contribution in [0.1, 0.15) is 15.9 Å². The van der Waals surface area contributed by atoms with Crippen LogP contribution in [-0.4, -0.2) is 38.7 Å². The molecule has 0 aliphatic heterocycles. The molecule has 0 fully saturated rings. The van der Waals surface area contributed by atoms with Gasteiger partial charge in [-0.25, -0.2) is 9.37 Å². The number of fused-ring (bicyclic) bond motifs is 1. The summed E-state index contributed by atoms with van der Waals surface area (Å²) < 4.78 is 14.7. The summed E-state index contributed by atoms with van der Waals surface area (Å²) in [6, 6.07) is 6.47. The van der Waals surface area contributed by atoms with Gasteiger partial charge in [0.05, 0.1) is 11.8 Å². The lowest BCUT2D eigenvalue weighted by Gasteiger charge is -2.08. The highest BCUT2D eigenvalue weighted by atomic mass is 32.2. The van der Waals surface area contributed by atoms with Crippen LogP contribution in [0.4, 0.5) is 10.3 Å². The first-order valence-corrected chi connectivity index (χ1v) is 8.17. The van der Waals surface area contributed by atoms with Crippen molar-refractivity contribution in [1.29, 1.82) is 0 Å². The molecule has 0 unspecified atom stereocenters. The SMILES string of the molecule is CSc1nc(NCCc2cccc(F)c2)n2ncc(C=O)c2n1. The topological polar surface area (TPSA) is 72.2 Å². The summed E-state index contributed by atoms with van der Waals surface area (Å²) in [6.07, 6.45) is 4.67. The minimum absolute atomic E-state index is 0.251. The third-order valence-electron chi connectivity index (χ3n) is 3.27. The lowest BCUT2D eigenvalue weighted by molar-refractivity contribution is 0.112. The summed E-state index contributed by atoms with van der Waals surface area (Å²) >= 11 is 1.38. The monoisotopic (exact) mass is 331 g/mol. The minimum atomic E-state index is -0.251. The summed E-state index contributed by atoms with van der Waals surface area (Å²) in [4.78, 5) is 19.7. The number of carbonyl (C=O) groups is 1. The van der Waals surface area contributed by atoms with Crippen molar-refractivity contribution in [1.82, 2.24) is 19.6 Å². The largest absolute Gasteiger partial charge is 0.354 e. The molecular weight excluding hydrogens is 317 g/mol.